The first-order valence-electron chi connectivity index (χ1n) is 17.8. The number of aliphatic hydroxyl groups is 1. The van der Waals surface area contributed by atoms with Crippen molar-refractivity contribution in [2.24, 2.45) is 0 Å². The highest BCUT2D eigenvalue weighted by molar-refractivity contribution is 6.30. The third-order valence-electron chi connectivity index (χ3n) is 8.87. The zero-order chi connectivity index (χ0) is 41.9. The molecule has 2 heterocycles. The summed E-state index contributed by atoms with van der Waals surface area (Å²) in [5, 5.41) is 52.8. The van der Waals surface area contributed by atoms with Crippen molar-refractivity contribution in [1.29, 1.82) is 0 Å². The van der Waals surface area contributed by atoms with E-state index < -0.39 is 30.0 Å². The third-order valence-corrected chi connectivity index (χ3v) is 9.12. The van der Waals surface area contributed by atoms with Gasteiger partial charge in [-0.3, -0.25) is 4.79 Å². The molecular formula is C40H45ClN4O12. The summed E-state index contributed by atoms with van der Waals surface area (Å²) in [6, 6.07) is 21.2. The van der Waals surface area contributed by atoms with Gasteiger partial charge >= 0.3 is 11.5 Å². The van der Waals surface area contributed by atoms with Gasteiger partial charge in [0.05, 0.1) is 62.4 Å². The molecule has 0 aliphatic carbocycles. The van der Waals surface area contributed by atoms with Gasteiger partial charge in [-0.15, -0.1) is 9.78 Å². The maximum absolute atomic E-state index is 13.3. The van der Waals surface area contributed by atoms with Crippen LogP contribution in [-0.2, 0) is 32.1 Å². The second-order valence-electron chi connectivity index (χ2n) is 12.8. The van der Waals surface area contributed by atoms with Crippen LogP contribution in [0.1, 0.15) is 29.3 Å². The molecule has 17 heteroatoms. The van der Waals surface area contributed by atoms with Gasteiger partial charge in [0.15, 0.2) is 0 Å². The number of methoxy groups -OCH3 is 2. The van der Waals surface area contributed by atoms with Crippen LogP contribution < -0.4 is 45.3 Å². The monoisotopic (exact) mass is 808 g/mol. The van der Waals surface area contributed by atoms with E-state index in [1.165, 1.54) is 4.90 Å². The van der Waals surface area contributed by atoms with Crippen molar-refractivity contribution in [2.75, 3.05) is 53.5 Å². The minimum absolute atomic E-state index is 0.0210. The number of nitrogens with zero attached hydrogens (tertiary/aromatic N) is 1. The Labute approximate surface area is 333 Å². The summed E-state index contributed by atoms with van der Waals surface area (Å²) in [6.07, 6.45) is 2.72. The molecule has 0 bridgehead atoms. The van der Waals surface area contributed by atoms with Gasteiger partial charge < -0.3 is 59.2 Å². The maximum atomic E-state index is 13.3. The molecule has 1 fully saturated rings. The van der Waals surface area contributed by atoms with Gasteiger partial charge in [0.2, 0.25) is 5.69 Å². The van der Waals surface area contributed by atoms with Gasteiger partial charge in [0, 0.05) is 29.1 Å². The number of H-pyrrole nitrogens is 1. The molecule has 16 nitrogen and oxygen atoms in total. The molecule has 0 spiro atoms. The fraction of sp³-hybridized carbons (Fsp3) is 0.300. The number of aliphatic hydroxyl groups excluding tert-OH is 1. The predicted molar refractivity (Wildman–Crippen MR) is 200 cm³/mol. The SMILES string of the molecule is COc1ccc(C(O)C[NH+]2CC[NH+](CCCn3[nH+]c(Cc4ccc(Cl)cc4)c4ccccc4c3=O)CC2)c(OC)c1.O=C([O-])/C=C\C(=O)O.O=C([O-])/C=C\C(=O)[O-]. The maximum Gasteiger partial charge on any atom is 0.328 e. The fourth-order valence-electron chi connectivity index (χ4n) is 6.10. The lowest BCUT2D eigenvalue weighted by atomic mass is 10.0. The smallest absolute Gasteiger partial charge is 0.328 e. The van der Waals surface area contributed by atoms with Crippen molar-refractivity contribution in [3.05, 3.63) is 123 Å². The molecule has 3 aromatic carbocycles. The highest BCUT2D eigenvalue weighted by atomic mass is 35.5. The summed E-state index contributed by atoms with van der Waals surface area (Å²) in [7, 11) is 3.24. The van der Waals surface area contributed by atoms with Crippen LogP contribution in [0.15, 0.2) is 95.8 Å². The first-order chi connectivity index (χ1) is 27.2. The van der Waals surface area contributed by atoms with Crippen molar-refractivity contribution in [2.45, 2.75) is 25.5 Å². The predicted octanol–water partition coefficient (Wildman–Crippen LogP) is -3.60. The molecule has 0 radical (unpaired) electrons. The summed E-state index contributed by atoms with van der Waals surface area (Å²) in [5.41, 5.74) is 2.98. The van der Waals surface area contributed by atoms with Crippen molar-refractivity contribution in [3.8, 4) is 11.5 Å². The van der Waals surface area contributed by atoms with E-state index in [2.05, 4.69) is 5.10 Å². The molecule has 1 aliphatic heterocycles. The number of fused-ring (bicyclic) bond motifs is 1. The lowest BCUT2D eigenvalue weighted by Crippen LogP contribution is -3.28. The average molecular weight is 809 g/mol. The molecule has 1 atom stereocenters. The highest BCUT2D eigenvalue weighted by Crippen LogP contribution is 2.29. The van der Waals surface area contributed by atoms with E-state index in [1.54, 1.807) is 23.8 Å². The highest BCUT2D eigenvalue weighted by Gasteiger charge is 2.27. The molecule has 0 amide bonds. The molecule has 5 rings (SSSR count). The number of aromatic nitrogens is 2. The standard InChI is InChI=1S/C32H37ClN4O4.2C4H4O4/c1-40-25-12-13-28(31(21-25)41-2)30(38)22-36-18-16-35(17-19-36)14-5-15-37-32(39)27-7-4-3-6-26(27)29(34-37)20-23-8-10-24(33)11-9-23;2*5-3(6)1-2-4(7)8/h3-4,6-13,21,30,38H,5,14-20,22H2,1-2H3;2*1-2H,(H,5,6)(H,7,8)/b;2*2-1-. The molecule has 5 N–H and O–H groups in total. The first kappa shape index (κ1) is 45.3. The van der Waals surface area contributed by atoms with E-state index in [4.69, 9.17) is 26.2 Å². The van der Waals surface area contributed by atoms with Crippen LogP contribution in [0.4, 0.5) is 0 Å². The lowest BCUT2D eigenvalue weighted by molar-refractivity contribution is -1.01. The molecule has 304 valence electrons. The number of halogens is 1. The van der Waals surface area contributed by atoms with Gasteiger partial charge in [-0.1, -0.05) is 35.9 Å². The van der Waals surface area contributed by atoms with E-state index in [-0.39, 0.29) is 5.56 Å². The van der Waals surface area contributed by atoms with Crippen LogP contribution in [0.3, 0.4) is 0 Å². The number of hydrogen-bond donors (Lipinski definition) is 4. The van der Waals surface area contributed by atoms with E-state index >= 15 is 0 Å². The van der Waals surface area contributed by atoms with Gasteiger partial charge in [0.25, 0.3) is 0 Å². The summed E-state index contributed by atoms with van der Waals surface area (Å²) in [4.78, 5) is 54.0. The molecule has 1 aliphatic rings. The fourth-order valence-corrected chi connectivity index (χ4v) is 6.23. The van der Waals surface area contributed by atoms with Gasteiger partial charge in [-0.2, -0.15) is 0 Å². The molecular weight excluding hydrogens is 764 g/mol. The van der Waals surface area contributed by atoms with Crippen molar-refractivity contribution in [3.63, 3.8) is 0 Å². The molecule has 1 unspecified atom stereocenters. The van der Waals surface area contributed by atoms with E-state index in [0.717, 1.165) is 66.7 Å². The average Bonchev–Trinajstić information content (AvgIpc) is 3.19. The van der Waals surface area contributed by atoms with Gasteiger partial charge in [-0.05, 0) is 60.2 Å². The number of rotatable bonds is 15. The summed E-state index contributed by atoms with van der Waals surface area (Å²) < 4.78 is 12.5. The third kappa shape index (κ3) is 15.5. The Bertz CT molecular complexity index is 2030. The Morgan fingerprint density at radius 1 is 0.842 bits per heavy atom. The summed E-state index contributed by atoms with van der Waals surface area (Å²) in [6.45, 7) is 6.37. The molecule has 4 aromatic rings. The van der Waals surface area contributed by atoms with Crippen LogP contribution in [-0.4, -0.2) is 92.3 Å². The van der Waals surface area contributed by atoms with Crippen molar-refractivity contribution in [1.82, 2.24) is 4.68 Å². The number of carbonyl (C=O) groups is 4. The number of aliphatic carboxylic acids is 4. The number of carboxylic acids is 4. The number of aryl methyl sites for hydroxylation is 1. The number of ether oxygens (including phenoxy) is 2. The van der Waals surface area contributed by atoms with Gasteiger partial charge in [-0.25, -0.2) is 4.79 Å². The van der Waals surface area contributed by atoms with Gasteiger partial charge in [0.1, 0.15) is 50.3 Å². The quantitative estimate of drug-likeness (QED) is 0.0853. The van der Waals surface area contributed by atoms with Crippen LogP contribution in [0, 0.1) is 0 Å². The summed E-state index contributed by atoms with van der Waals surface area (Å²) in [5.74, 6) is -4.54. The van der Waals surface area contributed by atoms with Crippen molar-refractivity contribution < 1.29 is 69.1 Å². The molecule has 1 aromatic heterocycles. The van der Waals surface area contributed by atoms with E-state index in [1.807, 2.05) is 66.7 Å². The Kier molecular flexibility index (Phi) is 18.4. The minimum atomic E-state index is -1.55. The second-order valence-corrected chi connectivity index (χ2v) is 13.2. The summed E-state index contributed by atoms with van der Waals surface area (Å²) >= 11 is 6.08. The number of carbonyl (C=O) groups excluding carboxylic acids is 3. The van der Waals surface area contributed by atoms with E-state index in [0.29, 0.717) is 60.3 Å². The normalized spacial score (nSPS) is 15.5. The zero-order valence-electron chi connectivity index (χ0n) is 31.4. The number of aromatic amines is 1. The molecule has 1 saturated heterocycles. The number of carboxylic acid groups (broad SMARTS) is 4. The molecule has 0 saturated carbocycles. The number of benzene rings is 3. The van der Waals surface area contributed by atoms with Crippen LogP contribution in [0.5, 0.6) is 11.5 Å². The zero-order valence-corrected chi connectivity index (χ0v) is 32.2. The van der Waals surface area contributed by atoms with Crippen molar-refractivity contribution >= 4 is 46.3 Å². The van der Waals surface area contributed by atoms with Crippen LogP contribution in [0.2, 0.25) is 5.02 Å². The minimum Gasteiger partial charge on any atom is -0.545 e. The number of piperazine rings is 1. The number of nitrogens with one attached hydrogen (secondary N) is 3. The first-order valence-corrected chi connectivity index (χ1v) is 18.2. The van der Waals surface area contributed by atoms with Crippen LogP contribution >= 0.6 is 11.6 Å². The van der Waals surface area contributed by atoms with Crippen LogP contribution in [0.25, 0.3) is 10.8 Å². The topological polar surface area (TPSA) is 241 Å². The lowest BCUT2D eigenvalue weighted by Gasteiger charge is -2.31. The molecule has 57 heavy (non-hydrogen) atoms. The Morgan fingerprint density at radius 3 is 1.96 bits per heavy atom. The van der Waals surface area contributed by atoms with E-state index in [9.17, 15) is 44.4 Å². The number of hydrogen-bond acceptors (Lipinski definition) is 11. The largest absolute Gasteiger partial charge is 0.545 e. The Hall–Kier alpha value is -6.07. The Balaban J connectivity index is 0.000000457. The number of quaternary nitrogens is 2. The Morgan fingerprint density at radius 2 is 1.42 bits per heavy atom. The second kappa shape index (κ2) is 23.1.